The first kappa shape index (κ1) is 17.3. The molecule has 1 amide bonds. The molecule has 0 fully saturated rings. The zero-order valence-corrected chi connectivity index (χ0v) is 14.2. The molecule has 23 heavy (non-hydrogen) atoms. The number of benzene rings is 2. The third kappa shape index (κ3) is 4.47. The van der Waals surface area contributed by atoms with Crippen molar-refractivity contribution < 1.29 is 14.3 Å². The molecule has 0 saturated carbocycles. The molecule has 4 nitrogen and oxygen atoms in total. The van der Waals surface area contributed by atoms with E-state index in [1.807, 2.05) is 19.9 Å². The third-order valence-corrected chi connectivity index (χ3v) is 3.75. The van der Waals surface area contributed by atoms with Crippen molar-refractivity contribution in [1.29, 1.82) is 0 Å². The van der Waals surface area contributed by atoms with Crippen LogP contribution in [0.3, 0.4) is 0 Å². The lowest BCUT2D eigenvalue weighted by Crippen LogP contribution is -2.21. The lowest BCUT2D eigenvalue weighted by atomic mass is 10.1. The number of anilines is 1. The van der Waals surface area contributed by atoms with Gasteiger partial charge in [-0.25, -0.2) is 4.79 Å². The van der Waals surface area contributed by atoms with Crippen molar-refractivity contribution in [3.63, 3.8) is 0 Å². The fraction of sp³-hybridized carbons (Fsp3) is 0.176. The molecule has 2 aromatic rings. The monoisotopic (exact) mass is 351 g/mol. The number of ether oxygens (including phenoxy) is 1. The Balaban J connectivity index is 1.99. The summed E-state index contributed by atoms with van der Waals surface area (Å²) in [7, 11) is 0. The lowest BCUT2D eigenvalue weighted by Gasteiger charge is -2.12. The summed E-state index contributed by atoms with van der Waals surface area (Å²) in [6.07, 6.45) is 0. The molecule has 0 radical (unpaired) electrons. The Labute approximate surface area is 144 Å². The number of rotatable bonds is 4. The Bertz CT molecular complexity index is 736. The summed E-state index contributed by atoms with van der Waals surface area (Å²) in [5.41, 5.74) is 2.55. The van der Waals surface area contributed by atoms with Gasteiger partial charge in [-0.05, 0) is 43.2 Å². The molecule has 1 N–H and O–H groups in total. The van der Waals surface area contributed by atoms with Gasteiger partial charge in [0.15, 0.2) is 6.61 Å². The summed E-state index contributed by atoms with van der Waals surface area (Å²) in [6.45, 7) is 3.33. The van der Waals surface area contributed by atoms with E-state index in [1.54, 1.807) is 24.3 Å². The normalized spacial score (nSPS) is 10.3. The zero-order chi connectivity index (χ0) is 17.0. The Morgan fingerprint density at radius 1 is 1.09 bits per heavy atom. The van der Waals surface area contributed by atoms with E-state index in [4.69, 9.17) is 27.9 Å². The summed E-state index contributed by atoms with van der Waals surface area (Å²) < 4.78 is 4.97. The number of carbonyl (C=O) groups excluding carboxylic acids is 2. The number of nitrogens with one attached hydrogen (secondary N) is 1. The highest BCUT2D eigenvalue weighted by Crippen LogP contribution is 2.27. The summed E-state index contributed by atoms with van der Waals surface area (Å²) in [5, 5.41) is 3.36. The van der Waals surface area contributed by atoms with Crippen molar-refractivity contribution >= 4 is 40.8 Å². The first-order valence-corrected chi connectivity index (χ1v) is 7.62. The number of esters is 1. The number of aryl methyl sites for hydroxylation is 2. The van der Waals surface area contributed by atoms with Gasteiger partial charge < -0.3 is 10.1 Å². The minimum Gasteiger partial charge on any atom is -0.452 e. The predicted octanol–water partition coefficient (Wildman–Crippen LogP) is 4.41. The molecule has 2 aromatic carbocycles. The van der Waals surface area contributed by atoms with Crippen molar-refractivity contribution in [2.75, 3.05) is 11.9 Å². The second-order valence-corrected chi connectivity index (χ2v) is 5.86. The van der Waals surface area contributed by atoms with Gasteiger partial charge in [-0.1, -0.05) is 41.4 Å². The predicted molar refractivity (Wildman–Crippen MR) is 91.3 cm³/mol. The van der Waals surface area contributed by atoms with Crippen LogP contribution in [0, 0.1) is 13.8 Å². The molecule has 0 unspecified atom stereocenters. The maximum atomic E-state index is 11.9. The molecule has 0 bridgehead atoms. The molecule has 2 rings (SSSR count). The van der Waals surface area contributed by atoms with Gasteiger partial charge in [0.2, 0.25) is 0 Å². The van der Waals surface area contributed by atoms with E-state index < -0.39 is 18.5 Å². The van der Waals surface area contributed by atoms with Crippen LogP contribution >= 0.6 is 23.2 Å². The minimum atomic E-state index is -0.655. The van der Waals surface area contributed by atoms with Gasteiger partial charge in [0.1, 0.15) is 0 Å². The maximum absolute atomic E-state index is 11.9. The van der Waals surface area contributed by atoms with E-state index >= 15 is 0 Å². The first-order valence-electron chi connectivity index (χ1n) is 6.86. The average molecular weight is 352 g/mol. The van der Waals surface area contributed by atoms with Crippen molar-refractivity contribution in [1.82, 2.24) is 0 Å². The van der Waals surface area contributed by atoms with Gasteiger partial charge in [0.25, 0.3) is 5.91 Å². The van der Waals surface area contributed by atoms with Gasteiger partial charge in [-0.3, -0.25) is 4.79 Å². The average Bonchev–Trinajstić information content (AvgIpc) is 2.49. The molecule has 120 valence electrons. The SMILES string of the molecule is Cc1cc(C)c(NC(=O)COC(=O)c2ccccc2Cl)c(Cl)c1. The van der Waals surface area contributed by atoms with Crippen molar-refractivity contribution in [2.45, 2.75) is 13.8 Å². The maximum Gasteiger partial charge on any atom is 0.340 e. The highest BCUT2D eigenvalue weighted by molar-refractivity contribution is 6.34. The van der Waals surface area contributed by atoms with Crippen molar-refractivity contribution in [3.05, 3.63) is 63.1 Å². The standard InChI is InChI=1S/C17H15Cl2NO3/c1-10-7-11(2)16(14(19)8-10)20-15(21)9-23-17(22)12-5-3-4-6-13(12)18/h3-8H,9H2,1-2H3,(H,20,21). The van der Waals surface area contributed by atoms with E-state index in [0.29, 0.717) is 10.7 Å². The van der Waals surface area contributed by atoms with Crippen LogP contribution in [0.1, 0.15) is 21.5 Å². The highest BCUT2D eigenvalue weighted by Gasteiger charge is 2.14. The Morgan fingerprint density at radius 3 is 2.43 bits per heavy atom. The summed E-state index contributed by atoms with van der Waals surface area (Å²) >= 11 is 12.0. The van der Waals surface area contributed by atoms with E-state index in [-0.39, 0.29) is 10.6 Å². The molecular weight excluding hydrogens is 337 g/mol. The van der Waals surface area contributed by atoms with Crippen LogP contribution in [0.2, 0.25) is 10.0 Å². The molecule has 0 heterocycles. The number of hydrogen-bond donors (Lipinski definition) is 1. The van der Waals surface area contributed by atoms with Gasteiger partial charge in [0.05, 0.1) is 21.3 Å². The summed E-state index contributed by atoms with van der Waals surface area (Å²) in [5.74, 6) is -1.13. The quantitative estimate of drug-likeness (QED) is 0.830. The van der Waals surface area contributed by atoms with Crippen LogP contribution < -0.4 is 5.32 Å². The Kier molecular flexibility index (Phi) is 5.64. The lowest BCUT2D eigenvalue weighted by molar-refractivity contribution is -0.119. The second kappa shape index (κ2) is 7.49. The summed E-state index contributed by atoms with van der Waals surface area (Å²) in [6, 6.07) is 10.1. The molecule has 0 spiro atoms. The molecule has 0 aliphatic rings. The highest BCUT2D eigenvalue weighted by atomic mass is 35.5. The van der Waals surface area contributed by atoms with Crippen LogP contribution in [0.5, 0.6) is 0 Å². The molecule has 0 aliphatic carbocycles. The van der Waals surface area contributed by atoms with Gasteiger partial charge in [-0.2, -0.15) is 0 Å². The number of amides is 1. The first-order chi connectivity index (χ1) is 10.9. The van der Waals surface area contributed by atoms with Gasteiger partial charge >= 0.3 is 5.97 Å². The topological polar surface area (TPSA) is 55.4 Å². The van der Waals surface area contributed by atoms with Crippen molar-refractivity contribution in [2.24, 2.45) is 0 Å². The zero-order valence-electron chi connectivity index (χ0n) is 12.7. The smallest absolute Gasteiger partial charge is 0.340 e. The van der Waals surface area contributed by atoms with Crippen LogP contribution in [0.4, 0.5) is 5.69 Å². The van der Waals surface area contributed by atoms with Gasteiger partial charge in [0, 0.05) is 0 Å². The molecule has 0 atom stereocenters. The van der Waals surface area contributed by atoms with E-state index in [9.17, 15) is 9.59 Å². The van der Waals surface area contributed by atoms with E-state index in [2.05, 4.69) is 5.32 Å². The van der Waals surface area contributed by atoms with E-state index in [1.165, 1.54) is 6.07 Å². The van der Waals surface area contributed by atoms with E-state index in [0.717, 1.165) is 11.1 Å². The summed E-state index contributed by atoms with van der Waals surface area (Å²) in [4.78, 5) is 23.8. The Morgan fingerprint density at radius 2 is 1.78 bits per heavy atom. The molecular formula is C17H15Cl2NO3. The number of hydrogen-bond acceptors (Lipinski definition) is 3. The largest absolute Gasteiger partial charge is 0.452 e. The van der Waals surface area contributed by atoms with Crippen molar-refractivity contribution in [3.8, 4) is 0 Å². The fourth-order valence-electron chi connectivity index (χ4n) is 2.09. The molecule has 0 aromatic heterocycles. The Hall–Kier alpha value is -2.04. The fourth-order valence-corrected chi connectivity index (χ4v) is 2.67. The number of halogens is 2. The van der Waals surface area contributed by atoms with Crippen LogP contribution in [-0.4, -0.2) is 18.5 Å². The molecule has 6 heteroatoms. The molecule has 0 aliphatic heterocycles. The van der Waals surface area contributed by atoms with Crippen LogP contribution in [0.25, 0.3) is 0 Å². The second-order valence-electron chi connectivity index (χ2n) is 5.04. The van der Waals surface area contributed by atoms with Crippen LogP contribution in [0.15, 0.2) is 36.4 Å². The minimum absolute atomic E-state index is 0.214. The van der Waals surface area contributed by atoms with Gasteiger partial charge in [-0.15, -0.1) is 0 Å². The van der Waals surface area contributed by atoms with Crippen LogP contribution in [-0.2, 0) is 9.53 Å². The number of carbonyl (C=O) groups is 2. The molecule has 0 saturated heterocycles. The third-order valence-electron chi connectivity index (χ3n) is 3.12.